The van der Waals surface area contributed by atoms with Gasteiger partial charge in [0.05, 0.1) is 0 Å². The smallest absolute Gasteiger partial charge is 0.104 e. The van der Waals surface area contributed by atoms with E-state index in [0.717, 1.165) is 19.5 Å². The maximum absolute atomic E-state index is 8.51. The molecule has 0 aliphatic carbocycles. The minimum atomic E-state index is -0.00181. The molecule has 1 saturated heterocycles. The number of aliphatic hydroxyl groups is 1. The molecular weight excluding hydrogens is 150 g/mol. The minimum Gasteiger partial charge on any atom is -0.384 e. The molecule has 1 rings (SSSR count). The van der Waals surface area contributed by atoms with Crippen molar-refractivity contribution in [2.24, 2.45) is 5.92 Å². The van der Waals surface area contributed by atoms with E-state index in [1.54, 1.807) is 0 Å². The molecule has 1 fully saturated rings. The third kappa shape index (κ3) is 2.51. The summed E-state index contributed by atoms with van der Waals surface area (Å²) in [5.41, 5.74) is 0. The number of hydrogen-bond donors (Lipinski definition) is 1. The van der Waals surface area contributed by atoms with Gasteiger partial charge in [0.15, 0.2) is 0 Å². The first-order valence-corrected chi connectivity index (χ1v) is 4.57. The zero-order valence-electron chi connectivity index (χ0n) is 7.88. The van der Waals surface area contributed by atoms with Gasteiger partial charge >= 0.3 is 0 Å². The molecule has 0 aromatic rings. The Balaban J connectivity index is 2.35. The van der Waals surface area contributed by atoms with E-state index in [4.69, 9.17) is 5.11 Å². The van der Waals surface area contributed by atoms with Crippen LogP contribution < -0.4 is 0 Å². The number of aliphatic hydroxyl groups excluding tert-OH is 1. The third-order valence-electron chi connectivity index (χ3n) is 2.34. The molecule has 0 aromatic carbocycles. The van der Waals surface area contributed by atoms with E-state index in [-0.39, 0.29) is 6.61 Å². The van der Waals surface area contributed by atoms with E-state index < -0.39 is 0 Å². The van der Waals surface area contributed by atoms with Gasteiger partial charge in [-0.3, -0.25) is 4.90 Å². The highest BCUT2D eigenvalue weighted by atomic mass is 16.2. The van der Waals surface area contributed by atoms with Gasteiger partial charge in [-0.2, -0.15) is 0 Å². The van der Waals surface area contributed by atoms with E-state index in [1.807, 2.05) is 0 Å². The van der Waals surface area contributed by atoms with Crippen molar-refractivity contribution in [1.82, 2.24) is 4.90 Å². The summed E-state index contributed by atoms with van der Waals surface area (Å²) in [6, 6.07) is 0.630. The molecule has 2 nitrogen and oxygen atoms in total. The van der Waals surface area contributed by atoms with Gasteiger partial charge in [-0.1, -0.05) is 11.8 Å². The van der Waals surface area contributed by atoms with Crippen molar-refractivity contribution in [1.29, 1.82) is 0 Å². The first kappa shape index (κ1) is 9.57. The molecule has 68 valence electrons. The SMILES string of the molecule is CC(C)N1CCC(C#CCO)C1. The van der Waals surface area contributed by atoms with Crippen LogP contribution in [0.25, 0.3) is 0 Å². The van der Waals surface area contributed by atoms with Crippen LogP contribution in [0.3, 0.4) is 0 Å². The zero-order chi connectivity index (χ0) is 8.97. The van der Waals surface area contributed by atoms with Gasteiger partial charge in [-0.25, -0.2) is 0 Å². The van der Waals surface area contributed by atoms with E-state index in [2.05, 4.69) is 30.6 Å². The first-order chi connectivity index (χ1) is 5.74. The second-order valence-corrected chi connectivity index (χ2v) is 3.55. The molecule has 1 N–H and O–H groups in total. The highest BCUT2D eigenvalue weighted by Crippen LogP contribution is 2.17. The average Bonchev–Trinajstić information content (AvgIpc) is 2.48. The molecule has 12 heavy (non-hydrogen) atoms. The van der Waals surface area contributed by atoms with Crippen molar-refractivity contribution in [3.8, 4) is 11.8 Å². The molecule has 0 spiro atoms. The van der Waals surface area contributed by atoms with Crippen LogP contribution in [0.2, 0.25) is 0 Å². The summed E-state index contributed by atoms with van der Waals surface area (Å²) in [5.74, 6) is 6.29. The molecule has 2 heteroatoms. The molecule has 0 saturated carbocycles. The van der Waals surface area contributed by atoms with Crippen LogP contribution >= 0.6 is 0 Å². The first-order valence-electron chi connectivity index (χ1n) is 4.57. The topological polar surface area (TPSA) is 23.5 Å². The third-order valence-corrected chi connectivity index (χ3v) is 2.34. The van der Waals surface area contributed by atoms with Gasteiger partial charge in [0, 0.05) is 18.5 Å². The van der Waals surface area contributed by atoms with E-state index >= 15 is 0 Å². The molecule has 0 radical (unpaired) electrons. The van der Waals surface area contributed by atoms with E-state index in [9.17, 15) is 0 Å². The Labute approximate surface area is 74.6 Å². The van der Waals surface area contributed by atoms with Crippen molar-refractivity contribution in [3.05, 3.63) is 0 Å². The van der Waals surface area contributed by atoms with Crippen LogP contribution in [0.15, 0.2) is 0 Å². The normalized spacial score (nSPS) is 24.2. The molecule has 1 unspecified atom stereocenters. The second-order valence-electron chi connectivity index (χ2n) is 3.55. The second kappa shape index (κ2) is 4.49. The summed E-state index contributed by atoms with van der Waals surface area (Å²) in [6.07, 6.45) is 1.16. The van der Waals surface area contributed by atoms with Crippen molar-refractivity contribution >= 4 is 0 Å². The van der Waals surface area contributed by atoms with Gasteiger partial charge < -0.3 is 5.11 Å². The van der Waals surface area contributed by atoms with Gasteiger partial charge in [0.25, 0.3) is 0 Å². The Hall–Kier alpha value is -0.520. The predicted octanol–water partition coefficient (Wildman–Crippen LogP) is 0.712. The number of likely N-dealkylation sites (tertiary alicyclic amines) is 1. The van der Waals surface area contributed by atoms with Crippen LogP contribution in [0.1, 0.15) is 20.3 Å². The van der Waals surface area contributed by atoms with Crippen LogP contribution in [-0.2, 0) is 0 Å². The van der Waals surface area contributed by atoms with Crippen LogP contribution in [0.4, 0.5) is 0 Å². The number of rotatable bonds is 1. The summed E-state index contributed by atoms with van der Waals surface area (Å²) < 4.78 is 0. The lowest BCUT2D eigenvalue weighted by Crippen LogP contribution is -2.27. The van der Waals surface area contributed by atoms with Crippen molar-refractivity contribution < 1.29 is 5.11 Å². The number of hydrogen-bond acceptors (Lipinski definition) is 2. The maximum Gasteiger partial charge on any atom is 0.104 e. The highest BCUT2D eigenvalue weighted by molar-refractivity contribution is 5.06. The Bertz CT molecular complexity index is 190. The summed E-state index contributed by atoms with van der Waals surface area (Å²) in [6.45, 7) is 6.65. The fourth-order valence-corrected chi connectivity index (χ4v) is 1.56. The fourth-order valence-electron chi connectivity index (χ4n) is 1.56. The maximum atomic E-state index is 8.51. The van der Waals surface area contributed by atoms with E-state index in [0.29, 0.717) is 12.0 Å². The lowest BCUT2D eigenvalue weighted by molar-refractivity contribution is 0.271. The minimum absolute atomic E-state index is 0.00181. The van der Waals surface area contributed by atoms with Gasteiger partial charge in [0.2, 0.25) is 0 Å². The summed E-state index contributed by atoms with van der Waals surface area (Å²) in [5, 5.41) is 8.51. The quantitative estimate of drug-likeness (QED) is 0.581. The van der Waals surface area contributed by atoms with Crippen molar-refractivity contribution in [2.45, 2.75) is 26.3 Å². The van der Waals surface area contributed by atoms with Crippen molar-refractivity contribution in [3.63, 3.8) is 0 Å². The van der Waals surface area contributed by atoms with Crippen LogP contribution in [0, 0.1) is 17.8 Å². The summed E-state index contributed by atoms with van der Waals surface area (Å²) >= 11 is 0. The Morgan fingerprint density at radius 1 is 1.58 bits per heavy atom. The average molecular weight is 167 g/mol. The Kier molecular flexibility index (Phi) is 3.58. The van der Waals surface area contributed by atoms with Crippen molar-refractivity contribution in [2.75, 3.05) is 19.7 Å². The molecule has 1 atom stereocenters. The monoisotopic (exact) mass is 167 g/mol. The fraction of sp³-hybridized carbons (Fsp3) is 0.800. The highest BCUT2D eigenvalue weighted by Gasteiger charge is 2.22. The molecule has 1 aliphatic heterocycles. The van der Waals surface area contributed by atoms with Gasteiger partial charge in [-0.15, -0.1) is 0 Å². The zero-order valence-corrected chi connectivity index (χ0v) is 7.88. The number of nitrogens with zero attached hydrogens (tertiary/aromatic N) is 1. The lowest BCUT2D eigenvalue weighted by atomic mass is 10.1. The Morgan fingerprint density at radius 2 is 2.33 bits per heavy atom. The van der Waals surface area contributed by atoms with Gasteiger partial charge in [-0.05, 0) is 26.8 Å². The summed E-state index contributed by atoms with van der Waals surface area (Å²) in [4.78, 5) is 2.43. The molecule has 0 amide bonds. The molecule has 1 aliphatic rings. The standard InChI is InChI=1S/C10H17NO/c1-9(2)11-6-5-10(8-11)4-3-7-12/h9-10,12H,5-8H2,1-2H3. The predicted molar refractivity (Wildman–Crippen MR) is 49.7 cm³/mol. The lowest BCUT2D eigenvalue weighted by Gasteiger charge is -2.19. The molecular formula is C10H17NO. The van der Waals surface area contributed by atoms with Crippen LogP contribution in [-0.4, -0.2) is 35.7 Å². The molecule has 1 heterocycles. The molecule has 0 aromatic heterocycles. The summed E-state index contributed by atoms with van der Waals surface area (Å²) in [7, 11) is 0. The van der Waals surface area contributed by atoms with E-state index in [1.165, 1.54) is 0 Å². The van der Waals surface area contributed by atoms with Gasteiger partial charge in [0.1, 0.15) is 6.61 Å². The molecule has 0 bridgehead atoms. The van der Waals surface area contributed by atoms with Crippen LogP contribution in [0.5, 0.6) is 0 Å². The Morgan fingerprint density at radius 3 is 2.83 bits per heavy atom. The largest absolute Gasteiger partial charge is 0.384 e.